The van der Waals surface area contributed by atoms with Crippen LogP contribution in [0.4, 0.5) is 5.69 Å². The maximum atomic E-state index is 14.3. The first-order valence-corrected chi connectivity index (χ1v) is 10.5. The zero-order valence-corrected chi connectivity index (χ0v) is 16.7. The zero-order chi connectivity index (χ0) is 17.2. The van der Waals surface area contributed by atoms with Crippen LogP contribution < -0.4 is 15.3 Å². The van der Waals surface area contributed by atoms with E-state index >= 15 is 0 Å². The summed E-state index contributed by atoms with van der Waals surface area (Å²) in [5.41, 5.74) is 2.18. The fourth-order valence-electron chi connectivity index (χ4n) is 2.78. The Balaban J connectivity index is 2.21. The summed E-state index contributed by atoms with van der Waals surface area (Å²) in [5, 5.41) is 1.69. The fraction of sp³-hybridized carbons (Fsp3) is 0.100. The molecule has 0 radical (unpaired) electrons. The van der Waals surface area contributed by atoms with E-state index < -0.39 is 7.29 Å². The SMILES string of the molecule is Cc1ccc(N(C)P(=O)(c2ccccc2)c2ccccc2)c(I)c1. The Kier molecular flexibility index (Phi) is 5.12. The molecule has 0 atom stereocenters. The highest BCUT2D eigenvalue weighted by Gasteiger charge is 2.33. The number of hydrogen-bond donors (Lipinski definition) is 0. The highest BCUT2D eigenvalue weighted by atomic mass is 127. The van der Waals surface area contributed by atoms with E-state index in [0.29, 0.717) is 0 Å². The number of rotatable bonds is 4. The van der Waals surface area contributed by atoms with Crippen LogP contribution in [-0.4, -0.2) is 7.05 Å². The first kappa shape index (κ1) is 17.2. The Bertz CT molecular complexity index is 837. The molecule has 0 unspecified atom stereocenters. The summed E-state index contributed by atoms with van der Waals surface area (Å²) >= 11 is 2.32. The second-order valence-corrected chi connectivity index (χ2v) is 9.67. The molecular weight excluding hydrogens is 428 g/mol. The van der Waals surface area contributed by atoms with E-state index in [0.717, 1.165) is 19.9 Å². The molecule has 2 nitrogen and oxygen atoms in total. The van der Waals surface area contributed by atoms with E-state index in [2.05, 4.69) is 47.7 Å². The lowest BCUT2D eigenvalue weighted by Crippen LogP contribution is -2.29. The molecule has 0 amide bonds. The summed E-state index contributed by atoms with van der Waals surface area (Å²) in [5.74, 6) is 0. The maximum Gasteiger partial charge on any atom is 0.229 e. The number of benzene rings is 3. The third-order valence-electron chi connectivity index (χ3n) is 4.09. The molecule has 122 valence electrons. The number of hydrogen-bond acceptors (Lipinski definition) is 1. The molecule has 0 N–H and O–H groups in total. The van der Waals surface area contributed by atoms with Gasteiger partial charge in [0.15, 0.2) is 0 Å². The molecule has 3 aromatic carbocycles. The molecule has 24 heavy (non-hydrogen) atoms. The maximum absolute atomic E-state index is 14.3. The lowest BCUT2D eigenvalue weighted by molar-refractivity contribution is 0.586. The molecule has 4 heteroatoms. The molecule has 3 rings (SSSR count). The van der Waals surface area contributed by atoms with Crippen molar-refractivity contribution >= 4 is 46.2 Å². The van der Waals surface area contributed by atoms with Crippen LogP contribution in [0.3, 0.4) is 0 Å². The Morgan fingerprint density at radius 3 is 1.79 bits per heavy atom. The van der Waals surface area contributed by atoms with Crippen molar-refractivity contribution in [2.75, 3.05) is 11.7 Å². The first-order chi connectivity index (χ1) is 11.5. The van der Waals surface area contributed by atoms with Gasteiger partial charge in [0, 0.05) is 21.2 Å². The van der Waals surface area contributed by atoms with Crippen molar-refractivity contribution < 1.29 is 4.57 Å². The highest BCUT2D eigenvalue weighted by molar-refractivity contribution is 14.1. The first-order valence-electron chi connectivity index (χ1n) is 7.75. The quantitative estimate of drug-likeness (QED) is 0.416. The molecule has 0 saturated carbocycles. The average Bonchev–Trinajstić information content (AvgIpc) is 2.62. The third kappa shape index (κ3) is 3.15. The van der Waals surface area contributed by atoms with Crippen molar-refractivity contribution in [3.63, 3.8) is 0 Å². The summed E-state index contributed by atoms with van der Waals surface area (Å²) in [6.07, 6.45) is 0. The van der Waals surface area contributed by atoms with Crippen molar-refractivity contribution in [3.8, 4) is 0 Å². The Labute approximate surface area is 157 Å². The summed E-state index contributed by atoms with van der Waals surface area (Å²) in [6, 6.07) is 25.7. The number of aryl methyl sites for hydroxylation is 1. The molecule has 3 aromatic rings. The van der Waals surface area contributed by atoms with Crippen LogP contribution in [0, 0.1) is 10.5 Å². The minimum absolute atomic E-state index is 0.843. The Morgan fingerprint density at radius 2 is 1.33 bits per heavy atom. The normalized spacial score (nSPS) is 11.3. The van der Waals surface area contributed by atoms with Crippen molar-refractivity contribution in [3.05, 3.63) is 88.0 Å². The molecule has 0 aromatic heterocycles. The highest BCUT2D eigenvalue weighted by Crippen LogP contribution is 2.49. The number of halogens is 1. The molecule has 0 saturated heterocycles. The van der Waals surface area contributed by atoms with Gasteiger partial charge in [-0.1, -0.05) is 42.5 Å². The lowest BCUT2D eigenvalue weighted by atomic mass is 10.2. The molecule has 0 aliphatic carbocycles. The van der Waals surface area contributed by atoms with Gasteiger partial charge in [-0.3, -0.25) is 4.57 Å². The van der Waals surface area contributed by atoms with Crippen LogP contribution in [-0.2, 0) is 4.57 Å². The minimum atomic E-state index is -2.95. The molecule has 0 heterocycles. The molecular formula is C20H19INOP. The van der Waals surface area contributed by atoms with Gasteiger partial charge < -0.3 is 4.67 Å². The second kappa shape index (κ2) is 7.12. The van der Waals surface area contributed by atoms with E-state index in [1.54, 1.807) is 0 Å². The standard InChI is InChI=1S/C20H19INOP/c1-16-13-14-20(19(21)15-16)22(2)24(23,17-9-5-3-6-10-17)18-11-7-4-8-12-18/h3-15H,1-2H3. The predicted molar refractivity (Wildman–Crippen MR) is 112 cm³/mol. The van der Waals surface area contributed by atoms with Gasteiger partial charge in [-0.25, -0.2) is 0 Å². The van der Waals surface area contributed by atoms with Crippen molar-refractivity contribution in [1.82, 2.24) is 0 Å². The van der Waals surface area contributed by atoms with Crippen LogP contribution in [0.15, 0.2) is 78.9 Å². The second-order valence-electron chi connectivity index (χ2n) is 5.73. The van der Waals surface area contributed by atoms with E-state index in [-0.39, 0.29) is 0 Å². The zero-order valence-electron chi connectivity index (χ0n) is 13.7. The lowest BCUT2D eigenvalue weighted by Gasteiger charge is -2.31. The van der Waals surface area contributed by atoms with Crippen LogP contribution >= 0.6 is 29.9 Å². The molecule has 0 aliphatic rings. The number of nitrogens with zero attached hydrogens (tertiary/aromatic N) is 1. The van der Waals surface area contributed by atoms with E-state index in [9.17, 15) is 4.57 Å². The van der Waals surface area contributed by atoms with Gasteiger partial charge in [-0.2, -0.15) is 0 Å². The summed E-state index contributed by atoms with van der Waals surface area (Å²) in [7, 11) is -1.03. The average molecular weight is 447 g/mol. The topological polar surface area (TPSA) is 20.3 Å². The van der Waals surface area contributed by atoms with Gasteiger partial charge in [0.1, 0.15) is 0 Å². The number of anilines is 1. The van der Waals surface area contributed by atoms with Crippen LogP contribution in [0.5, 0.6) is 0 Å². The molecule has 0 aliphatic heterocycles. The Hall–Kier alpha value is -1.58. The predicted octanol–water partition coefficient (Wildman–Crippen LogP) is 4.96. The molecule has 0 fully saturated rings. The van der Waals surface area contributed by atoms with Gasteiger partial charge >= 0.3 is 0 Å². The van der Waals surface area contributed by atoms with Crippen LogP contribution in [0.25, 0.3) is 0 Å². The van der Waals surface area contributed by atoms with Crippen molar-refractivity contribution in [2.24, 2.45) is 0 Å². The van der Waals surface area contributed by atoms with Crippen LogP contribution in [0.2, 0.25) is 0 Å². The smallest absolute Gasteiger partial charge is 0.229 e. The largest absolute Gasteiger partial charge is 0.318 e. The monoisotopic (exact) mass is 447 g/mol. The van der Waals surface area contributed by atoms with Crippen LogP contribution in [0.1, 0.15) is 5.56 Å². The fourth-order valence-corrected chi connectivity index (χ4v) is 6.63. The Morgan fingerprint density at radius 1 is 0.833 bits per heavy atom. The van der Waals surface area contributed by atoms with E-state index in [1.807, 2.05) is 72.4 Å². The van der Waals surface area contributed by atoms with Gasteiger partial charge in [-0.15, -0.1) is 0 Å². The van der Waals surface area contributed by atoms with E-state index in [4.69, 9.17) is 0 Å². The van der Waals surface area contributed by atoms with Crippen molar-refractivity contribution in [1.29, 1.82) is 0 Å². The summed E-state index contributed by atoms with van der Waals surface area (Å²) in [4.78, 5) is 0. The van der Waals surface area contributed by atoms with E-state index in [1.165, 1.54) is 5.56 Å². The summed E-state index contributed by atoms with van der Waals surface area (Å²) in [6.45, 7) is 2.07. The van der Waals surface area contributed by atoms with Gasteiger partial charge in [-0.05, 0) is 71.5 Å². The third-order valence-corrected chi connectivity index (χ3v) is 8.01. The summed E-state index contributed by atoms with van der Waals surface area (Å²) < 4.78 is 17.3. The van der Waals surface area contributed by atoms with Gasteiger partial charge in [0.25, 0.3) is 0 Å². The van der Waals surface area contributed by atoms with Gasteiger partial charge in [0.2, 0.25) is 7.29 Å². The molecule has 0 spiro atoms. The van der Waals surface area contributed by atoms with Crippen molar-refractivity contribution in [2.45, 2.75) is 6.92 Å². The molecule has 0 bridgehead atoms. The van der Waals surface area contributed by atoms with Gasteiger partial charge in [0.05, 0.1) is 5.69 Å². The minimum Gasteiger partial charge on any atom is -0.318 e.